The van der Waals surface area contributed by atoms with E-state index in [1.807, 2.05) is 0 Å². The minimum Gasteiger partial charge on any atom is -0.369 e. The van der Waals surface area contributed by atoms with Crippen molar-refractivity contribution in [3.8, 4) is 0 Å². The van der Waals surface area contributed by atoms with Crippen LogP contribution in [0.3, 0.4) is 0 Å². The second-order valence-corrected chi connectivity index (χ2v) is 5.57. The number of amides is 1. The summed E-state index contributed by atoms with van der Waals surface area (Å²) in [5, 5.41) is 6.53. The topological polar surface area (TPSA) is 54.0 Å². The van der Waals surface area contributed by atoms with Crippen LogP contribution in [0.2, 0.25) is 5.02 Å². The zero-order valence-corrected chi connectivity index (χ0v) is 12.1. The number of carbonyl (C=O) groups excluding carboxylic acids is 1. The van der Waals surface area contributed by atoms with E-state index in [4.69, 9.17) is 11.6 Å². The van der Waals surface area contributed by atoms with Gasteiger partial charge in [0.15, 0.2) is 0 Å². The Bertz CT molecular complexity index is 464. The zero-order chi connectivity index (χ0) is 13.8. The third kappa shape index (κ3) is 3.83. The summed E-state index contributed by atoms with van der Waals surface area (Å²) in [5.41, 5.74) is 0.514. The van der Waals surface area contributed by atoms with Gasteiger partial charge in [0.05, 0.1) is 10.6 Å². The summed E-state index contributed by atoms with van der Waals surface area (Å²) in [6, 6.07) is 1.66. The average Bonchev–Trinajstić information content (AvgIpc) is 3.10. The molecule has 0 spiro atoms. The van der Waals surface area contributed by atoms with Crippen molar-refractivity contribution in [2.75, 3.05) is 18.4 Å². The van der Waals surface area contributed by atoms with Crippen molar-refractivity contribution < 1.29 is 4.79 Å². The minimum atomic E-state index is -0.101. The summed E-state index contributed by atoms with van der Waals surface area (Å²) in [4.78, 5) is 16.1. The molecule has 1 aliphatic rings. The number of anilines is 1. The summed E-state index contributed by atoms with van der Waals surface area (Å²) in [6.07, 6.45) is 3.77. The highest BCUT2D eigenvalue weighted by Crippen LogP contribution is 2.36. The molecule has 2 atom stereocenters. The maximum absolute atomic E-state index is 11.9. The molecule has 0 aliphatic heterocycles. The van der Waals surface area contributed by atoms with Crippen LogP contribution in [0.1, 0.15) is 37.0 Å². The van der Waals surface area contributed by atoms with Crippen molar-refractivity contribution in [3.05, 3.63) is 22.8 Å². The Hall–Kier alpha value is -1.29. The molecule has 104 valence electrons. The molecule has 0 bridgehead atoms. The molecule has 1 fully saturated rings. The first kappa shape index (κ1) is 14.1. The van der Waals surface area contributed by atoms with Crippen LogP contribution in [0.25, 0.3) is 0 Å². The molecule has 1 saturated carbocycles. The van der Waals surface area contributed by atoms with Crippen LogP contribution in [0, 0.1) is 11.8 Å². The fraction of sp³-hybridized carbons (Fsp3) is 0.571. The highest BCUT2D eigenvalue weighted by Gasteiger charge is 2.32. The monoisotopic (exact) mass is 281 g/mol. The number of rotatable bonds is 6. The van der Waals surface area contributed by atoms with Gasteiger partial charge in [-0.05, 0) is 30.7 Å². The molecule has 2 rings (SSSR count). The van der Waals surface area contributed by atoms with Gasteiger partial charge in [-0.3, -0.25) is 4.79 Å². The molecule has 4 nitrogen and oxygen atoms in total. The van der Waals surface area contributed by atoms with Gasteiger partial charge >= 0.3 is 0 Å². The number of hydrogen-bond donors (Lipinski definition) is 2. The molecule has 0 aromatic carbocycles. The number of hydrogen-bond acceptors (Lipinski definition) is 3. The predicted octanol–water partition coefficient (Wildman–Crippen LogP) is 2.94. The first-order valence-corrected chi connectivity index (χ1v) is 7.17. The van der Waals surface area contributed by atoms with E-state index in [1.54, 1.807) is 12.3 Å². The lowest BCUT2D eigenvalue weighted by Gasteiger charge is -2.08. The zero-order valence-electron chi connectivity index (χ0n) is 11.4. The van der Waals surface area contributed by atoms with E-state index in [0.717, 1.165) is 25.4 Å². The molecule has 0 radical (unpaired) electrons. The number of carbonyl (C=O) groups is 1. The second kappa shape index (κ2) is 6.24. The Balaban J connectivity index is 1.92. The van der Waals surface area contributed by atoms with Crippen LogP contribution >= 0.6 is 11.6 Å². The van der Waals surface area contributed by atoms with Gasteiger partial charge in [0.2, 0.25) is 0 Å². The van der Waals surface area contributed by atoms with Crippen LogP contribution in [0.15, 0.2) is 12.3 Å². The summed E-state index contributed by atoms with van der Waals surface area (Å²) in [5.74, 6) is 1.91. The lowest BCUT2D eigenvalue weighted by molar-refractivity contribution is 0.0951. The van der Waals surface area contributed by atoms with Crippen molar-refractivity contribution in [1.29, 1.82) is 0 Å². The fourth-order valence-corrected chi connectivity index (χ4v) is 2.18. The molecule has 19 heavy (non-hydrogen) atoms. The molecule has 1 aromatic rings. The van der Waals surface area contributed by atoms with Crippen molar-refractivity contribution in [3.63, 3.8) is 0 Å². The maximum atomic E-state index is 11.9. The molecule has 2 unspecified atom stereocenters. The normalized spacial score (nSPS) is 21.0. The van der Waals surface area contributed by atoms with Crippen LogP contribution in [-0.4, -0.2) is 24.0 Å². The lowest BCUT2D eigenvalue weighted by Crippen LogP contribution is -2.26. The van der Waals surface area contributed by atoms with Crippen LogP contribution in [0.5, 0.6) is 0 Å². The van der Waals surface area contributed by atoms with E-state index in [2.05, 4.69) is 29.5 Å². The van der Waals surface area contributed by atoms with E-state index in [0.29, 0.717) is 22.3 Å². The summed E-state index contributed by atoms with van der Waals surface area (Å²) < 4.78 is 0. The van der Waals surface area contributed by atoms with E-state index < -0.39 is 0 Å². The Kier molecular flexibility index (Phi) is 4.64. The van der Waals surface area contributed by atoms with Crippen LogP contribution < -0.4 is 10.6 Å². The van der Waals surface area contributed by atoms with E-state index in [-0.39, 0.29) is 5.91 Å². The Morgan fingerprint density at radius 2 is 2.32 bits per heavy atom. The van der Waals surface area contributed by atoms with Crippen molar-refractivity contribution in [2.45, 2.75) is 26.7 Å². The van der Waals surface area contributed by atoms with E-state index in [9.17, 15) is 4.79 Å². The molecule has 5 heteroatoms. The molecule has 0 saturated heterocycles. The SMILES string of the molecule is CCCNc1ncc(C(=O)NCC2CC2C)cc1Cl. The summed E-state index contributed by atoms with van der Waals surface area (Å²) in [7, 11) is 0. The van der Waals surface area contributed by atoms with Gasteiger partial charge in [0.1, 0.15) is 5.82 Å². The van der Waals surface area contributed by atoms with Gasteiger partial charge in [-0.15, -0.1) is 0 Å². The van der Waals surface area contributed by atoms with Crippen LogP contribution in [0.4, 0.5) is 5.82 Å². The minimum absolute atomic E-state index is 0.101. The molecule has 1 aliphatic carbocycles. The second-order valence-electron chi connectivity index (χ2n) is 5.16. The number of nitrogens with one attached hydrogen (secondary N) is 2. The maximum Gasteiger partial charge on any atom is 0.252 e. The third-order valence-corrected chi connectivity index (χ3v) is 3.73. The standard InChI is InChI=1S/C14H20ClN3O/c1-3-4-16-13-12(15)6-11(8-17-13)14(19)18-7-10-5-9(10)2/h6,8-10H,3-5,7H2,1-2H3,(H,16,17)(H,18,19). The first-order valence-electron chi connectivity index (χ1n) is 6.79. The Morgan fingerprint density at radius 1 is 1.58 bits per heavy atom. The predicted molar refractivity (Wildman–Crippen MR) is 77.6 cm³/mol. The molecule has 1 heterocycles. The fourth-order valence-electron chi connectivity index (χ4n) is 1.94. The molecule has 1 amide bonds. The molecular formula is C14H20ClN3O. The van der Waals surface area contributed by atoms with Gasteiger partial charge in [-0.1, -0.05) is 25.4 Å². The summed E-state index contributed by atoms with van der Waals surface area (Å²) >= 11 is 6.10. The van der Waals surface area contributed by atoms with Gasteiger partial charge in [0, 0.05) is 19.3 Å². The number of halogens is 1. The van der Waals surface area contributed by atoms with Crippen LogP contribution in [-0.2, 0) is 0 Å². The molecule has 1 aromatic heterocycles. The average molecular weight is 282 g/mol. The van der Waals surface area contributed by atoms with Crippen molar-refractivity contribution >= 4 is 23.3 Å². The van der Waals surface area contributed by atoms with Crippen molar-refractivity contribution in [2.24, 2.45) is 11.8 Å². The summed E-state index contributed by atoms with van der Waals surface area (Å²) in [6.45, 7) is 5.83. The smallest absolute Gasteiger partial charge is 0.252 e. The van der Waals surface area contributed by atoms with Crippen molar-refractivity contribution in [1.82, 2.24) is 10.3 Å². The molecule has 2 N–H and O–H groups in total. The largest absolute Gasteiger partial charge is 0.369 e. The van der Waals surface area contributed by atoms with Gasteiger partial charge in [0.25, 0.3) is 5.91 Å². The van der Waals surface area contributed by atoms with E-state index >= 15 is 0 Å². The number of pyridine rings is 1. The number of aromatic nitrogens is 1. The molecular weight excluding hydrogens is 262 g/mol. The third-order valence-electron chi connectivity index (χ3n) is 3.45. The quantitative estimate of drug-likeness (QED) is 0.843. The highest BCUT2D eigenvalue weighted by molar-refractivity contribution is 6.33. The Morgan fingerprint density at radius 3 is 2.89 bits per heavy atom. The van der Waals surface area contributed by atoms with E-state index in [1.165, 1.54) is 6.42 Å². The van der Waals surface area contributed by atoms with Gasteiger partial charge in [-0.2, -0.15) is 0 Å². The lowest BCUT2D eigenvalue weighted by atomic mass is 10.2. The van der Waals surface area contributed by atoms with Gasteiger partial charge < -0.3 is 10.6 Å². The Labute approximate surface area is 118 Å². The first-order chi connectivity index (χ1) is 9.11. The number of nitrogens with zero attached hydrogens (tertiary/aromatic N) is 1. The van der Waals surface area contributed by atoms with Gasteiger partial charge in [-0.25, -0.2) is 4.98 Å². The highest BCUT2D eigenvalue weighted by atomic mass is 35.5.